The van der Waals surface area contributed by atoms with E-state index in [1.807, 2.05) is 31.2 Å². The number of para-hydroxylation sites is 1. The number of anilines is 1. The topological polar surface area (TPSA) is 55.6 Å². The van der Waals surface area contributed by atoms with Crippen molar-refractivity contribution in [3.05, 3.63) is 78.0 Å². The largest absolute Gasteiger partial charge is 0.494 e. The van der Waals surface area contributed by atoms with Gasteiger partial charge in [0.15, 0.2) is 5.13 Å². The lowest BCUT2D eigenvalue weighted by molar-refractivity contribution is -0.118. The molecule has 0 aliphatic carbocycles. The number of hydrogen-bond acceptors (Lipinski definition) is 5. The molecule has 2 heterocycles. The lowest BCUT2D eigenvalue weighted by atomic mass is 10.1. The van der Waals surface area contributed by atoms with Crippen LogP contribution in [0.15, 0.2) is 65.3 Å². The number of benzene rings is 2. The zero-order chi connectivity index (χ0) is 20.2. The predicted molar refractivity (Wildman–Crippen MR) is 111 cm³/mol. The molecule has 29 heavy (non-hydrogen) atoms. The summed E-state index contributed by atoms with van der Waals surface area (Å²) < 4.78 is 25.7. The second-order valence-corrected chi connectivity index (χ2v) is 7.41. The molecule has 0 fully saturated rings. The molecule has 0 aliphatic heterocycles. The molecule has 0 bridgehead atoms. The number of aromatic nitrogens is 1. The predicted octanol–water partition coefficient (Wildman–Crippen LogP) is 5.20. The van der Waals surface area contributed by atoms with Crippen molar-refractivity contribution in [2.75, 3.05) is 11.5 Å². The summed E-state index contributed by atoms with van der Waals surface area (Å²) in [6.07, 6.45) is 1.74. The van der Waals surface area contributed by atoms with Crippen molar-refractivity contribution in [3.63, 3.8) is 0 Å². The van der Waals surface area contributed by atoms with Gasteiger partial charge in [-0.15, -0.1) is 0 Å². The van der Waals surface area contributed by atoms with E-state index in [4.69, 9.17) is 9.15 Å². The van der Waals surface area contributed by atoms with Crippen molar-refractivity contribution in [2.24, 2.45) is 0 Å². The Kier molecular flexibility index (Phi) is 5.57. The molecule has 1 amide bonds. The third kappa shape index (κ3) is 4.30. The van der Waals surface area contributed by atoms with Crippen LogP contribution in [0.3, 0.4) is 0 Å². The molecule has 4 aromatic rings. The van der Waals surface area contributed by atoms with E-state index in [1.54, 1.807) is 35.4 Å². The molecule has 148 valence electrons. The summed E-state index contributed by atoms with van der Waals surface area (Å²) in [6, 6.07) is 15.8. The fourth-order valence-electron chi connectivity index (χ4n) is 2.98. The number of rotatable bonds is 7. The Morgan fingerprint density at radius 2 is 2.00 bits per heavy atom. The van der Waals surface area contributed by atoms with E-state index >= 15 is 0 Å². The number of fused-ring (bicyclic) bond motifs is 1. The number of carbonyl (C=O) groups excluding carboxylic acids is 1. The summed E-state index contributed by atoms with van der Waals surface area (Å²) in [5.74, 6) is 0.842. The Balaban J connectivity index is 1.62. The molecule has 4 rings (SSSR count). The maximum Gasteiger partial charge on any atom is 0.233 e. The molecule has 2 aromatic carbocycles. The van der Waals surface area contributed by atoms with E-state index in [1.165, 1.54) is 17.4 Å². The zero-order valence-corrected chi connectivity index (χ0v) is 16.6. The van der Waals surface area contributed by atoms with E-state index in [2.05, 4.69) is 4.98 Å². The van der Waals surface area contributed by atoms with Gasteiger partial charge in [-0.25, -0.2) is 9.37 Å². The van der Waals surface area contributed by atoms with E-state index in [0.29, 0.717) is 22.2 Å². The molecule has 5 nitrogen and oxygen atoms in total. The maximum atomic E-state index is 14.1. The molecule has 0 aliphatic rings. The minimum Gasteiger partial charge on any atom is -0.494 e. The number of hydrogen-bond donors (Lipinski definition) is 0. The van der Waals surface area contributed by atoms with Gasteiger partial charge in [0.1, 0.15) is 22.8 Å². The van der Waals surface area contributed by atoms with E-state index in [0.717, 1.165) is 11.3 Å². The van der Waals surface area contributed by atoms with E-state index in [9.17, 15) is 9.18 Å². The van der Waals surface area contributed by atoms with Crippen molar-refractivity contribution in [1.29, 1.82) is 0 Å². The van der Waals surface area contributed by atoms with Crippen LogP contribution in [-0.4, -0.2) is 17.5 Å². The number of amides is 1. The van der Waals surface area contributed by atoms with Crippen LogP contribution >= 0.6 is 11.3 Å². The van der Waals surface area contributed by atoms with Gasteiger partial charge in [-0.2, -0.15) is 0 Å². The Morgan fingerprint density at radius 3 is 2.69 bits per heavy atom. The highest BCUT2D eigenvalue weighted by Crippen LogP contribution is 2.31. The smallest absolute Gasteiger partial charge is 0.233 e. The molecule has 0 spiro atoms. The molecule has 2 aromatic heterocycles. The summed E-state index contributed by atoms with van der Waals surface area (Å²) in [4.78, 5) is 19.1. The average Bonchev–Trinajstić information content (AvgIpc) is 3.38. The quantitative estimate of drug-likeness (QED) is 0.420. The van der Waals surface area contributed by atoms with Crippen molar-refractivity contribution in [1.82, 2.24) is 4.98 Å². The molecule has 0 atom stereocenters. The highest BCUT2D eigenvalue weighted by Gasteiger charge is 2.22. The highest BCUT2D eigenvalue weighted by atomic mass is 32.1. The van der Waals surface area contributed by atoms with E-state index in [-0.39, 0.29) is 24.4 Å². The van der Waals surface area contributed by atoms with Gasteiger partial charge in [0, 0.05) is 0 Å². The first-order valence-corrected chi connectivity index (χ1v) is 10.0. The summed E-state index contributed by atoms with van der Waals surface area (Å²) in [5, 5.41) is 0.442. The number of carbonyl (C=O) groups is 1. The van der Waals surface area contributed by atoms with Gasteiger partial charge >= 0.3 is 0 Å². The van der Waals surface area contributed by atoms with Crippen LogP contribution in [0, 0.1) is 5.82 Å². The SMILES string of the molecule is CCOc1ccc(CC(=O)N(Cc2ccco2)c2nc3c(F)cccc3s2)cc1. The zero-order valence-electron chi connectivity index (χ0n) is 15.8. The lowest BCUT2D eigenvalue weighted by Crippen LogP contribution is -2.31. The Bertz CT molecular complexity index is 1110. The molecular formula is C22H19FN2O3S. The Morgan fingerprint density at radius 1 is 1.17 bits per heavy atom. The van der Waals surface area contributed by atoms with Crippen LogP contribution in [0.5, 0.6) is 5.75 Å². The number of thiazole rings is 1. The van der Waals surface area contributed by atoms with Gasteiger partial charge in [0.2, 0.25) is 5.91 Å². The van der Waals surface area contributed by atoms with Crippen molar-refractivity contribution >= 4 is 32.6 Å². The second-order valence-electron chi connectivity index (χ2n) is 6.40. The van der Waals surface area contributed by atoms with Crippen LogP contribution < -0.4 is 9.64 Å². The normalized spacial score (nSPS) is 11.0. The van der Waals surface area contributed by atoms with Gasteiger partial charge < -0.3 is 9.15 Å². The molecule has 0 radical (unpaired) electrons. The second kappa shape index (κ2) is 8.45. The third-order valence-corrected chi connectivity index (χ3v) is 5.42. The fraction of sp³-hybridized carbons (Fsp3) is 0.182. The first kappa shape index (κ1) is 19.1. The third-order valence-electron chi connectivity index (χ3n) is 4.37. The molecular weight excluding hydrogens is 391 g/mol. The average molecular weight is 410 g/mol. The van der Waals surface area contributed by atoms with Crippen molar-refractivity contribution in [2.45, 2.75) is 19.9 Å². The number of halogens is 1. The van der Waals surface area contributed by atoms with Gasteiger partial charge in [-0.1, -0.05) is 29.5 Å². The molecule has 0 unspecified atom stereocenters. The van der Waals surface area contributed by atoms with E-state index < -0.39 is 5.82 Å². The maximum absolute atomic E-state index is 14.1. The van der Waals surface area contributed by atoms with Crippen LogP contribution in [0.1, 0.15) is 18.2 Å². The fourth-order valence-corrected chi connectivity index (χ4v) is 3.98. The Labute approximate surface area is 171 Å². The standard InChI is InChI=1S/C22H19FN2O3S/c1-2-27-16-10-8-15(9-11-16)13-20(26)25(14-17-5-4-12-28-17)22-24-21-18(23)6-3-7-19(21)29-22/h3-12H,2,13-14H2,1H3. The summed E-state index contributed by atoms with van der Waals surface area (Å²) in [7, 11) is 0. The van der Waals surface area contributed by atoms with Crippen LogP contribution in [0.4, 0.5) is 9.52 Å². The first-order chi connectivity index (χ1) is 14.1. The molecule has 0 N–H and O–H groups in total. The van der Waals surface area contributed by atoms with Crippen LogP contribution in [-0.2, 0) is 17.8 Å². The van der Waals surface area contributed by atoms with Gasteiger partial charge in [0.05, 0.1) is 30.5 Å². The summed E-state index contributed by atoms with van der Waals surface area (Å²) in [6.45, 7) is 2.73. The van der Waals surface area contributed by atoms with Crippen molar-refractivity contribution < 1.29 is 18.3 Å². The van der Waals surface area contributed by atoms with Gasteiger partial charge in [-0.05, 0) is 48.9 Å². The first-order valence-electron chi connectivity index (χ1n) is 9.23. The lowest BCUT2D eigenvalue weighted by Gasteiger charge is -2.19. The van der Waals surface area contributed by atoms with Gasteiger partial charge in [0.25, 0.3) is 0 Å². The summed E-state index contributed by atoms with van der Waals surface area (Å²) in [5.41, 5.74) is 1.13. The molecule has 7 heteroatoms. The molecule has 0 saturated heterocycles. The van der Waals surface area contributed by atoms with Gasteiger partial charge in [-0.3, -0.25) is 9.69 Å². The minimum atomic E-state index is -0.401. The Hall–Kier alpha value is -3.19. The minimum absolute atomic E-state index is 0.148. The van der Waals surface area contributed by atoms with Crippen LogP contribution in [0.2, 0.25) is 0 Å². The number of furan rings is 1. The highest BCUT2D eigenvalue weighted by molar-refractivity contribution is 7.22. The van der Waals surface area contributed by atoms with Crippen LogP contribution in [0.25, 0.3) is 10.2 Å². The number of ether oxygens (including phenoxy) is 1. The summed E-state index contributed by atoms with van der Waals surface area (Å²) >= 11 is 1.28. The van der Waals surface area contributed by atoms with Crippen molar-refractivity contribution in [3.8, 4) is 5.75 Å². The monoisotopic (exact) mass is 410 g/mol. The number of nitrogens with zero attached hydrogens (tertiary/aromatic N) is 2. The molecule has 0 saturated carbocycles.